The fourth-order valence-electron chi connectivity index (χ4n) is 2.43. The Morgan fingerprint density at radius 2 is 1.93 bits per heavy atom. The number of amides is 1. The van der Waals surface area contributed by atoms with Crippen LogP contribution in [-0.2, 0) is 14.6 Å². The normalized spacial score (nSPS) is 11.4. The van der Waals surface area contributed by atoms with E-state index in [1.807, 2.05) is 31.2 Å². The zero-order valence-electron chi connectivity index (χ0n) is 15.5. The molecule has 0 aliphatic heterocycles. The number of nitro benzene ring substituents is 1. The quantitative estimate of drug-likeness (QED) is 0.303. The first kappa shape index (κ1) is 21.1. The van der Waals surface area contributed by atoms with Gasteiger partial charge >= 0.3 is 0 Å². The number of benzene rings is 2. The molecular weight excluding hydrogens is 382 g/mol. The van der Waals surface area contributed by atoms with Crippen molar-refractivity contribution < 1.29 is 18.1 Å². The summed E-state index contributed by atoms with van der Waals surface area (Å²) in [6, 6.07) is 11.4. The maximum Gasteiger partial charge on any atom is 0.293 e. The Morgan fingerprint density at radius 3 is 2.57 bits per heavy atom. The van der Waals surface area contributed by atoms with Crippen molar-refractivity contribution in [1.82, 2.24) is 5.32 Å². The Balaban J connectivity index is 1.91. The van der Waals surface area contributed by atoms with E-state index < -0.39 is 14.8 Å². The maximum absolute atomic E-state index is 11.8. The van der Waals surface area contributed by atoms with Gasteiger partial charge in [0, 0.05) is 31.5 Å². The van der Waals surface area contributed by atoms with Crippen LogP contribution in [0.15, 0.2) is 53.4 Å². The van der Waals surface area contributed by atoms with E-state index in [-0.39, 0.29) is 35.3 Å². The molecule has 0 saturated carbocycles. The number of rotatable bonds is 8. The van der Waals surface area contributed by atoms with E-state index >= 15 is 0 Å². The van der Waals surface area contributed by atoms with Crippen LogP contribution in [0, 0.1) is 17.0 Å². The predicted molar refractivity (Wildman–Crippen MR) is 108 cm³/mol. The average molecular weight is 403 g/mol. The summed E-state index contributed by atoms with van der Waals surface area (Å²) in [6.45, 7) is 2.44. The molecule has 0 aromatic heterocycles. The molecule has 1 amide bonds. The van der Waals surface area contributed by atoms with Crippen molar-refractivity contribution in [2.75, 3.05) is 24.7 Å². The third-order valence-electron chi connectivity index (χ3n) is 3.80. The molecule has 2 N–H and O–H groups in total. The Kier molecular flexibility index (Phi) is 6.89. The lowest BCUT2D eigenvalue weighted by Gasteiger charge is -2.08. The minimum Gasteiger partial charge on any atom is -0.378 e. The highest BCUT2D eigenvalue weighted by Gasteiger charge is 2.18. The van der Waals surface area contributed by atoms with E-state index in [0.29, 0.717) is 0 Å². The van der Waals surface area contributed by atoms with Gasteiger partial charge in [0.2, 0.25) is 5.91 Å². The standard InChI is InChI=1S/C19H21N3O5S/c1-14-4-3-5-15(12-14)6-9-19(23)21-11-10-20-17-8-7-16(28(2,26)27)13-18(17)22(24)25/h3-9,12-13,20H,10-11H2,1-2H3,(H,21,23)/b9-6+. The van der Waals surface area contributed by atoms with Gasteiger partial charge < -0.3 is 10.6 Å². The molecule has 0 heterocycles. The first-order valence-electron chi connectivity index (χ1n) is 8.42. The second kappa shape index (κ2) is 9.14. The average Bonchev–Trinajstić information content (AvgIpc) is 2.62. The van der Waals surface area contributed by atoms with Crippen molar-refractivity contribution in [2.24, 2.45) is 0 Å². The molecule has 0 aliphatic rings. The van der Waals surface area contributed by atoms with Crippen molar-refractivity contribution in [2.45, 2.75) is 11.8 Å². The van der Waals surface area contributed by atoms with Crippen LogP contribution >= 0.6 is 0 Å². The van der Waals surface area contributed by atoms with Crippen LogP contribution in [0.2, 0.25) is 0 Å². The van der Waals surface area contributed by atoms with Gasteiger partial charge in [-0.2, -0.15) is 0 Å². The summed E-state index contributed by atoms with van der Waals surface area (Å²) in [6.07, 6.45) is 4.10. The molecule has 0 saturated heterocycles. The number of nitrogens with one attached hydrogen (secondary N) is 2. The summed E-state index contributed by atoms with van der Waals surface area (Å²) in [5.41, 5.74) is 1.85. The molecule has 9 heteroatoms. The molecule has 0 atom stereocenters. The molecule has 2 rings (SSSR count). The Bertz CT molecular complexity index is 1020. The molecular formula is C19H21N3O5S. The second-order valence-corrected chi connectivity index (χ2v) is 8.19. The lowest BCUT2D eigenvalue weighted by molar-refractivity contribution is -0.384. The van der Waals surface area contributed by atoms with Crippen LogP contribution in [0.5, 0.6) is 0 Å². The molecule has 0 radical (unpaired) electrons. The van der Waals surface area contributed by atoms with Crippen molar-refractivity contribution in [3.8, 4) is 0 Å². The van der Waals surface area contributed by atoms with Crippen molar-refractivity contribution in [1.29, 1.82) is 0 Å². The fraction of sp³-hybridized carbons (Fsp3) is 0.211. The monoisotopic (exact) mass is 403 g/mol. The number of carbonyl (C=O) groups is 1. The zero-order chi connectivity index (χ0) is 20.7. The van der Waals surface area contributed by atoms with Crippen LogP contribution < -0.4 is 10.6 Å². The van der Waals surface area contributed by atoms with E-state index in [9.17, 15) is 23.3 Å². The number of anilines is 1. The van der Waals surface area contributed by atoms with Gasteiger partial charge in [-0.3, -0.25) is 14.9 Å². The highest BCUT2D eigenvalue weighted by Crippen LogP contribution is 2.27. The van der Waals surface area contributed by atoms with E-state index in [0.717, 1.165) is 23.4 Å². The first-order valence-corrected chi connectivity index (χ1v) is 10.3. The van der Waals surface area contributed by atoms with Gasteiger partial charge in [0.1, 0.15) is 5.69 Å². The predicted octanol–water partition coefficient (Wildman–Crippen LogP) is 2.55. The minimum atomic E-state index is -3.54. The van der Waals surface area contributed by atoms with Gasteiger partial charge in [-0.05, 0) is 30.7 Å². The number of hydrogen-bond acceptors (Lipinski definition) is 6. The molecule has 0 unspecified atom stereocenters. The molecule has 2 aromatic carbocycles. The fourth-order valence-corrected chi connectivity index (χ4v) is 3.07. The van der Waals surface area contributed by atoms with Crippen LogP contribution in [0.4, 0.5) is 11.4 Å². The molecule has 148 valence electrons. The Labute approximate surface area is 163 Å². The minimum absolute atomic E-state index is 0.126. The van der Waals surface area contributed by atoms with E-state index in [1.54, 1.807) is 6.08 Å². The van der Waals surface area contributed by atoms with Gasteiger partial charge in [0.05, 0.1) is 9.82 Å². The molecule has 8 nitrogen and oxygen atoms in total. The number of nitro groups is 1. The highest BCUT2D eigenvalue weighted by molar-refractivity contribution is 7.90. The summed E-state index contributed by atoms with van der Waals surface area (Å²) in [5.74, 6) is -0.287. The Hall–Kier alpha value is -3.20. The van der Waals surface area contributed by atoms with Gasteiger partial charge in [-0.1, -0.05) is 29.8 Å². The molecule has 28 heavy (non-hydrogen) atoms. The topological polar surface area (TPSA) is 118 Å². The van der Waals surface area contributed by atoms with Crippen LogP contribution in [0.3, 0.4) is 0 Å². The largest absolute Gasteiger partial charge is 0.378 e. The number of hydrogen-bond donors (Lipinski definition) is 2. The second-order valence-electron chi connectivity index (χ2n) is 6.17. The van der Waals surface area contributed by atoms with E-state index in [4.69, 9.17) is 0 Å². The highest BCUT2D eigenvalue weighted by atomic mass is 32.2. The number of sulfone groups is 1. The van der Waals surface area contributed by atoms with Gasteiger partial charge in [0.15, 0.2) is 9.84 Å². The number of aryl methyl sites for hydroxylation is 1. The molecule has 0 fully saturated rings. The summed E-state index contributed by atoms with van der Waals surface area (Å²) in [7, 11) is -3.54. The smallest absolute Gasteiger partial charge is 0.293 e. The Morgan fingerprint density at radius 1 is 1.18 bits per heavy atom. The molecule has 0 spiro atoms. The molecule has 0 bridgehead atoms. The summed E-state index contributed by atoms with van der Waals surface area (Å²) < 4.78 is 23.1. The van der Waals surface area contributed by atoms with Gasteiger partial charge in [0.25, 0.3) is 5.69 Å². The molecule has 0 aliphatic carbocycles. The zero-order valence-corrected chi connectivity index (χ0v) is 16.3. The summed E-state index contributed by atoms with van der Waals surface area (Å²) in [5, 5.41) is 16.7. The SMILES string of the molecule is Cc1cccc(/C=C/C(=O)NCCNc2ccc(S(C)(=O)=O)cc2[N+](=O)[O-])c1. The summed E-state index contributed by atoms with van der Waals surface area (Å²) >= 11 is 0. The maximum atomic E-state index is 11.8. The third-order valence-corrected chi connectivity index (χ3v) is 4.91. The lowest BCUT2D eigenvalue weighted by Crippen LogP contribution is -2.27. The number of carbonyl (C=O) groups excluding carboxylic acids is 1. The van der Waals surface area contributed by atoms with Gasteiger partial charge in [-0.25, -0.2) is 8.42 Å². The van der Waals surface area contributed by atoms with E-state index in [1.165, 1.54) is 18.2 Å². The van der Waals surface area contributed by atoms with E-state index in [2.05, 4.69) is 10.6 Å². The first-order chi connectivity index (χ1) is 13.2. The van der Waals surface area contributed by atoms with Gasteiger partial charge in [-0.15, -0.1) is 0 Å². The van der Waals surface area contributed by atoms with Crippen molar-refractivity contribution in [3.05, 3.63) is 69.8 Å². The molecule has 2 aromatic rings. The van der Waals surface area contributed by atoms with Crippen LogP contribution in [0.25, 0.3) is 6.08 Å². The third kappa shape index (κ3) is 6.20. The van der Waals surface area contributed by atoms with Crippen molar-refractivity contribution >= 4 is 33.2 Å². The van der Waals surface area contributed by atoms with Crippen LogP contribution in [0.1, 0.15) is 11.1 Å². The number of nitrogens with zero attached hydrogens (tertiary/aromatic N) is 1. The lowest BCUT2D eigenvalue weighted by atomic mass is 10.1. The summed E-state index contributed by atoms with van der Waals surface area (Å²) in [4.78, 5) is 22.2. The van der Waals surface area contributed by atoms with Crippen LogP contribution in [-0.4, -0.2) is 38.6 Å². The van der Waals surface area contributed by atoms with Crippen molar-refractivity contribution in [3.63, 3.8) is 0 Å².